The number of aliphatic hydroxyl groups excluding tert-OH is 1. The molecule has 0 aliphatic carbocycles. The van der Waals surface area contributed by atoms with E-state index in [1.165, 1.54) is 6.92 Å². The molecule has 1 atom stereocenters. The number of aliphatic hydroxyl groups is 1. The Kier molecular flexibility index (Phi) is 4.42. The molecular weight excluding hydrogens is 240 g/mol. The van der Waals surface area contributed by atoms with Crippen LogP contribution in [-0.2, 0) is 9.84 Å². The fourth-order valence-corrected chi connectivity index (χ4v) is 2.67. The SMILES string of the molecule is CCS(=O)(=O)[C@@H](CO)C(=O)c1ccccc1C. The highest BCUT2D eigenvalue weighted by atomic mass is 32.2. The number of hydrogen-bond acceptors (Lipinski definition) is 4. The monoisotopic (exact) mass is 256 g/mol. The van der Waals surface area contributed by atoms with Gasteiger partial charge in [0.2, 0.25) is 0 Å². The maximum Gasteiger partial charge on any atom is 0.183 e. The van der Waals surface area contributed by atoms with Crippen LogP contribution in [0.5, 0.6) is 0 Å². The van der Waals surface area contributed by atoms with Crippen molar-refractivity contribution in [3.8, 4) is 0 Å². The van der Waals surface area contributed by atoms with E-state index in [1.54, 1.807) is 31.2 Å². The quantitative estimate of drug-likeness (QED) is 0.797. The summed E-state index contributed by atoms with van der Waals surface area (Å²) in [6, 6.07) is 6.76. The van der Waals surface area contributed by atoms with Crippen LogP contribution in [0.4, 0.5) is 0 Å². The van der Waals surface area contributed by atoms with Gasteiger partial charge in [0.25, 0.3) is 0 Å². The van der Waals surface area contributed by atoms with E-state index in [0.29, 0.717) is 11.1 Å². The maximum absolute atomic E-state index is 12.1. The number of carbonyl (C=O) groups excluding carboxylic acids is 1. The van der Waals surface area contributed by atoms with Crippen LogP contribution in [0.2, 0.25) is 0 Å². The zero-order valence-electron chi connectivity index (χ0n) is 9.88. The second-order valence-corrected chi connectivity index (χ2v) is 6.27. The summed E-state index contributed by atoms with van der Waals surface area (Å²) in [6.07, 6.45) is 0. The summed E-state index contributed by atoms with van der Waals surface area (Å²) >= 11 is 0. The van der Waals surface area contributed by atoms with Gasteiger partial charge in [0.1, 0.15) is 5.25 Å². The zero-order valence-corrected chi connectivity index (χ0v) is 10.7. The van der Waals surface area contributed by atoms with Gasteiger partial charge >= 0.3 is 0 Å². The average molecular weight is 256 g/mol. The van der Waals surface area contributed by atoms with E-state index in [4.69, 9.17) is 5.11 Å². The molecule has 0 amide bonds. The number of sulfone groups is 1. The van der Waals surface area contributed by atoms with Crippen molar-refractivity contribution in [1.82, 2.24) is 0 Å². The molecule has 1 aromatic rings. The van der Waals surface area contributed by atoms with E-state index in [1.807, 2.05) is 0 Å². The molecule has 0 aliphatic heterocycles. The Morgan fingerprint density at radius 3 is 2.41 bits per heavy atom. The van der Waals surface area contributed by atoms with Gasteiger partial charge < -0.3 is 5.11 Å². The van der Waals surface area contributed by atoms with Crippen molar-refractivity contribution in [1.29, 1.82) is 0 Å². The normalized spacial score (nSPS) is 13.4. The minimum Gasteiger partial charge on any atom is -0.395 e. The lowest BCUT2D eigenvalue weighted by Crippen LogP contribution is -2.35. The minimum atomic E-state index is -3.57. The summed E-state index contributed by atoms with van der Waals surface area (Å²) in [5.74, 6) is -0.692. The molecule has 0 aromatic heterocycles. The van der Waals surface area contributed by atoms with Crippen molar-refractivity contribution in [2.24, 2.45) is 0 Å². The molecule has 0 saturated heterocycles. The Morgan fingerprint density at radius 2 is 1.94 bits per heavy atom. The average Bonchev–Trinajstić information content (AvgIpc) is 2.30. The molecular formula is C12H16O4S. The largest absolute Gasteiger partial charge is 0.395 e. The van der Waals surface area contributed by atoms with Gasteiger partial charge in [-0.05, 0) is 12.5 Å². The molecule has 1 aromatic carbocycles. The van der Waals surface area contributed by atoms with Gasteiger partial charge in [-0.3, -0.25) is 4.79 Å². The van der Waals surface area contributed by atoms with Gasteiger partial charge in [-0.2, -0.15) is 0 Å². The van der Waals surface area contributed by atoms with E-state index in [9.17, 15) is 13.2 Å². The van der Waals surface area contributed by atoms with Crippen molar-refractivity contribution in [3.63, 3.8) is 0 Å². The Morgan fingerprint density at radius 1 is 1.35 bits per heavy atom. The first-order chi connectivity index (χ1) is 7.94. The van der Waals surface area contributed by atoms with Gasteiger partial charge in [-0.1, -0.05) is 31.2 Å². The summed E-state index contributed by atoms with van der Waals surface area (Å²) in [5, 5.41) is 7.76. The summed E-state index contributed by atoms with van der Waals surface area (Å²) in [7, 11) is -3.57. The van der Waals surface area contributed by atoms with Crippen LogP contribution in [0.1, 0.15) is 22.8 Å². The van der Waals surface area contributed by atoms with Crippen molar-refractivity contribution in [2.45, 2.75) is 19.1 Å². The highest BCUT2D eigenvalue weighted by Crippen LogP contribution is 2.14. The molecule has 0 heterocycles. The number of rotatable bonds is 5. The molecule has 0 unspecified atom stereocenters. The lowest BCUT2D eigenvalue weighted by atomic mass is 10.0. The number of carbonyl (C=O) groups is 1. The van der Waals surface area contributed by atoms with Crippen LogP contribution >= 0.6 is 0 Å². The van der Waals surface area contributed by atoms with E-state index >= 15 is 0 Å². The Bertz CT molecular complexity index is 505. The highest BCUT2D eigenvalue weighted by molar-refractivity contribution is 7.92. The zero-order chi connectivity index (χ0) is 13.1. The Balaban J connectivity index is 3.16. The molecule has 94 valence electrons. The van der Waals surface area contributed by atoms with Crippen molar-refractivity contribution in [3.05, 3.63) is 35.4 Å². The highest BCUT2D eigenvalue weighted by Gasteiger charge is 2.31. The molecule has 0 radical (unpaired) electrons. The molecule has 17 heavy (non-hydrogen) atoms. The van der Waals surface area contributed by atoms with Crippen LogP contribution < -0.4 is 0 Å². The second kappa shape index (κ2) is 5.42. The molecule has 0 spiro atoms. The summed E-state index contributed by atoms with van der Waals surface area (Å²) in [6.45, 7) is 2.52. The number of ketones is 1. The number of hydrogen-bond donors (Lipinski definition) is 1. The molecule has 0 saturated carbocycles. The number of aryl methyl sites for hydroxylation is 1. The Hall–Kier alpha value is -1.20. The van der Waals surface area contributed by atoms with Crippen molar-refractivity contribution < 1.29 is 18.3 Å². The fourth-order valence-electron chi connectivity index (χ4n) is 1.58. The molecule has 0 bridgehead atoms. The first-order valence-corrected chi connectivity index (χ1v) is 7.07. The molecule has 0 aliphatic rings. The van der Waals surface area contributed by atoms with Gasteiger partial charge in [-0.25, -0.2) is 8.42 Å². The smallest absolute Gasteiger partial charge is 0.183 e. The first-order valence-electron chi connectivity index (χ1n) is 5.36. The molecule has 0 fully saturated rings. The predicted molar refractivity (Wildman–Crippen MR) is 65.8 cm³/mol. The third-order valence-corrected chi connectivity index (χ3v) is 4.74. The first kappa shape index (κ1) is 13.9. The van der Waals surface area contributed by atoms with E-state index in [2.05, 4.69) is 0 Å². The molecule has 1 N–H and O–H groups in total. The molecule has 4 nitrogen and oxygen atoms in total. The number of Topliss-reactive ketones (excluding diaryl/α,β-unsaturated/α-hetero) is 1. The molecule has 5 heteroatoms. The van der Waals surface area contributed by atoms with Crippen molar-refractivity contribution in [2.75, 3.05) is 12.4 Å². The van der Waals surface area contributed by atoms with Gasteiger partial charge in [0.15, 0.2) is 15.6 Å². The topological polar surface area (TPSA) is 71.4 Å². The predicted octanol–water partition coefficient (Wildman–Crippen LogP) is 0.973. The van der Waals surface area contributed by atoms with Gasteiger partial charge in [0, 0.05) is 11.3 Å². The lowest BCUT2D eigenvalue weighted by molar-refractivity contribution is 0.0961. The maximum atomic E-state index is 12.1. The third-order valence-electron chi connectivity index (χ3n) is 2.70. The summed E-state index contributed by atoms with van der Waals surface area (Å²) in [4.78, 5) is 12.1. The van der Waals surface area contributed by atoms with Crippen molar-refractivity contribution >= 4 is 15.6 Å². The van der Waals surface area contributed by atoms with E-state index in [0.717, 1.165) is 0 Å². The van der Waals surface area contributed by atoms with Gasteiger partial charge in [-0.15, -0.1) is 0 Å². The van der Waals surface area contributed by atoms with Crippen LogP contribution in [0.25, 0.3) is 0 Å². The summed E-state index contributed by atoms with van der Waals surface area (Å²) in [5.41, 5.74) is 1.06. The lowest BCUT2D eigenvalue weighted by Gasteiger charge is -2.14. The Labute approximate surface area is 101 Å². The summed E-state index contributed by atoms with van der Waals surface area (Å²) < 4.78 is 23.4. The third kappa shape index (κ3) is 2.92. The number of benzene rings is 1. The minimum absolute atomic E-state index is 0.157. The van der Waals surface area contributed by atoms with Crippen LogP contribution in [0.15, 0.2) is 24.3 Å². The second-order valence-electron chi connectivity index (χ2n) is 3.80. The fraction of sp³-hybridized carbons (Fsp3) is 0.417. The van der Waals surface area contributed by atoms with E-state index < -0.39 is 27.5 Å². The van der Waals surface area contributed by atoms with Crippen LogP contribution in [0, 0.1) is 6.92 Å². The molecule has 1 rings (SSSR count). The van der Waals surface area contributed by atoms with Crippen LogP contribution in [0.3, 0.4) is 0 Å². The van der Waals surface area contributed by atoms with Gasteiger partial charge in [0.05, 0.1) is 6.61 Å². The van der Waals surface area contributed by atoms with Crippen LogP contribution in [-0.4, -0.2) is 36.9 Å². The van der Waals surface area contributed by atoms with E-state index in [-0.39, 0.29) is 5.75 Å². The standard InChI is InChI=1S/C12H16O4S/c1-3-17(15,16)11(8-13)12(14)10-7-5-4-6-9(10)2/h4-7,11,13H,3,8H2,1-2H3/t11-/m0/s1.